The minimum atomic E-state index is -2.67. The number of alkyl halides is 2. The van der Waals surface area contributed by atoms with Gasteiger partial charge in [0.1, 0.15) is 11.6 Å². The second-order valence-corrected chi connectivity index (χ2v) is 12.3. The molecule has 6 rings (SSSR count). The summed E-state index contributed by atoms with van der Waals surface area (Å²) in [6, 6.07) is 12.0. The first-order valence-electron chi connectivity index (χ1n) is 14.1. The second kappa shape index (κ2) is 9.44. The molecule has 4 heterocycles. The van der Waals surface area contributed by atoms with Gasteiger partial charge in [0, 0.05) is 68.4 Å². The topological polar surface area (TPSA) is 54.3 Å². The van der Waals surface area contributed by atoms with Crippen molar-refractivity contribution in [3.05, 3.63) is 47.5 Å². The summed E-state index contributed by atoms with van der Waals surface area (Å²) in [5, 5.41) is 8.89. The third-order valence-electron chi connectivity index (χ3n) is 9.50. The van der Waals surface area contributed by atoms with Crippen molar-refractivity contribution in [2.75, 3.05) is 19.6 Å². The van der Waals surface area contributed by atoms with E-state index in [1.165, 1.54) is 18.4 Å². The van der Waals surface area contributed by atoms with Crippen LogP contribution in [-0.4, -0.2) is 68.1 Å². The van der Waals surface area contributed by atoms with Crippen molar-refractivity contribution in [2.24, 2.45) is 11.8 Å². The van der Waals surface area contributed by atoms with Crippen molar-refractivity contribution in [2.45, 2.75) is 95.2 Å². The Bertz CT molecular complexity index is 1110. The number of halogens is 2. The Morgan fingerprint density at radius 2 is 1.70 bits per heavy atom. The summed E-state index contributed by atoms with van der Waals surface area (Å²) in [4.78, 5) is 17.7. The van der Waals surface area contributed by atoms with E-state index in [9.17, 15) is 13.6 Å². The van der Waals surface area contributed by atoms with Crippen molar-refractivity contribution >= 4 is 5.91 Å². The van der Waals surface area contributed by atoms with E-state index in [4.69, 9.17) is 0 Å². The fraction of sp³-hybridized carbons (Fsp3) is 0.690. The highest BCUT2D eigenvalue weighted by molar-refractivity contribution is 5.80. The minimum absolute atomic E-state index is 0.0691. The van der Waals surface area contributed by atoms with Crippen molar-refractivity contribution in [1.82, 2.24) is 24.6 Å². The summed E-state index contributed by atoms with van der Waals surface area (Å²) in [6.45, 7) is 8.71. The Morgan fingerprint density at radius 1 is 1.03 bits per heavy atom. The fourth-order valence-electron chi connectivity index (χ4n) is 7.66. The van der Waals surface area contributed by atoms with E-state index in [1.807, 2.05) is 11.0 Å². The first kappa shape index (κ1) is 25.0. The molecule has 200 valence electrons. The molecule has 4 fully saturated rings. The lowest BCUT2D eigenvalue weighted by molar-refractivity contribution is -0.159. The SMILES string of the molecule is Cc1nnc(C(C)C)n1C1C[C@H]2CC[C@@H](C1)N2C[C@H]1CN(C(=O)C2CC(F)(F)C2)C[C@@H]1c1ccccc1. The lowest BCUT2D eigenvalue weighted by Crippen LogP contribution is -2.48. The number of benzene rings is 1. The zero-order chi connectivity index (χ0) is 25.9. The Kier molecular flexibility index (Phi) is 6.37. The number of piperidine rings is 1. The van der Waals surface area contributed by atoms with Crippen LogP contribution in [0.1, 0.15) is 87.5 Å². The summed E-state index contributed by atoms with van der Waals surface area (Å²) in [6.07, 6.45) is 4.06. The molecule has 1 aliphatic carbocycles. The van der Waals surface area contributed by atoms with Gasteiger partial charge in [-0.1, -0.05) is 44.2 Å². The van der Waals surface area contributed by atoms with Crippen LogP contribution in [0.3, 0.4) is 0 Å². The number of hydrogen-bond donors (Lipinski definition) is 0. The molecule has 6 nitrogen and oxygen atoms in total. The molecule has 0 radical (unpaired) electrons. The highest BCUT2D eigenvalue weighted by Crippen LogP contribution is 2.46. The number of hydrogen-bond acceptors (Lipinski definition) is 4. The van der Waals surface area contributed by atoms with Crippen molar-refractivity contribution in [3.8, 4) is 0 Å². The van der Waals surface area contributed by atoms with E-state index in [0.29, 0.717) is 43.1 Å². The lowest BCUT2D eigenvalue weighted by Gasteiger charge is -2.42. The van der Waals surface area contributed by atoms with Crippen LogP contribution in [0, 0.1) is 18.8 Å². The zero-order valence-electron chi connectivity index (χ0n) is 22.2. The van der Waals surface area contributed by atoms with Gasteiger partial charge < -0.3 is 9.47 Å². The van der Waals surface area contributed by atoms with Crippen molar-refractivity contribution in [1.29, 1.82) is 0 Å². The average molecular weight is 512 g/mol. The number of fused-ring (bicyclic) bond motifs is 2. The largest absolute Gasteiger partial charge is 0.341 e. The predicted molar refractivity (Wildman–Crippen MR) is 138 cm³/mol. The first-order valence-corrected chi connectivity index (χ1v) is 14.1. The predicted octanol–water partition coefficient (Wildman–Crippen LogP) is 5.17. The van der Waals surface area contributed by atoms with Crippen LogP contribution in [0.5, 0.6) is 0 Å². The Balaban J connectivity index is 1.18. The van der Waals surface area contributed by atoms with E-state index in [0.717, 1.165) is 31.0 Å². The maximum atomic E-state index is 13.5. The van der Waals surface area contributed by atoms with Gasteiger partial charge in [0.15, 0.2) is 0 Å². The number of aryl methyl sites for hydroxylation is 1. The summed E-state index contributed by atoms with van der Waals surface area (Å²) in [5.41, 5.74) is 1.26. The molecule has 1 amide bonds. The van der Waals surface area contributed by atoms with Gasteiger partial charge in [-0.05, 0) is 44.1 Å². The van der Waals surface area contributed by atoms with Crippen molar-refractivity contribution in [3.63, 3.8) is 0 Å². The highest BCUT2D eigenvalue weighted by atomic mass is 19.3. The van der Waals surface area contributed by atoms with E-state index < -0.39 is 11.8 Å². The maximum absolute atomic E-state index is 13.5. The third-order valence-corrected chi connectivity index (χ3v) is 9.50. The molecule has 2 bridgehead atoms. The number of likely N-dealkylation sites (tertiary alicyclic amines) is 1. The fourth-order valence-corrected chi connectivity index (χ4v) is 7.66. The van der Waals surface area contributed by atoms with Crippen LogP contribution < -0.4 is 0 Å². The lowest BCUT2D eigenvalue weighted by atomic mass is 9.80. The molecule has 0 spiro atoms. The van der Waals surface area contributed by atoms with Gasteiger partial charge in [-0.25, -0.2) is 8.78 Å². The molecular formula is C29H39F2N5O. The van der Waals surface area contributed by atoms with Gasteiger partial charge >= 0.3 is 0 Å². The minimum Gasteiger partial charge on any atom is -0.341 e. The first-order chi connectivity index (χ1) is 17.7. The number of nitrogens with zero attached hydrogens (tertiary/aromatic N) is 5. The van der Waals surface area contributed by atoms with Crippen LogP contribution in [0.2, 0.25) is 0 Å². The molecule has 8 heteroatoms. The molecule has 1 saturated carbocycles. The second-order valence-electron chi connectivity index (χ2n) is 12.3. The Hall–Kier alpha value is -2.35. The summed E-state index contributed by atoms with van der Waals surface area (Å²) in [7, 11) is 0. The molecule has 1 aromatic heterocycles. The zero-order valence-corrected chi connectivity index (χ0v) is 22.2. The van der Waals surface area contributed by atoms with E-state index in [-0.39, 0.29) is 24.7 Å². The van der Waals surface area contributed by atoms with Crippen LogP contribution in [0.25, 0.3) is 0 Å². The van der Waals surface area contributed by atoms with E-state index >= 15 is 0 Å². The molecule has 37 heavy (non-hydrogen) atoms. The van der Waals surface area contributed by atoms with E-state index in [1.54, 1.807) is 0 Å². The molecule has 5 atom stereocenters. The summed E-state index contributed by atoms with van der Waals surface area (Å²) >= 11 is 0. The normalized spacial score (nSPS) is 31.7. The Morgan fingerprint density at radius 3 is 2.32 bits per heavy atom. The highest BCUT2D eigenvalue weighted by Gasteiger charge is 2.52. The molecule has 1 aromatic carbocycles. The van der Waals surface area contributed by atoms with Gasteiger partial charge in [0.05, 0.1) is 0 Å². The van der Waals surface area contributed by atoms with E-state index in [2.05, 4.69) is 64.7 Å². The number of carbonyl (C=O) groups is 1. The smallest absolute Gasteiger partial charge is 0.249 e. The standard InChI is InChI=1S/C29H39F2N5O/c1-18(2)27-33-32-19(3)36(27)25-11-23-9-10-24(12-25)35(23)16-22-15-34(28(37)21-13-29(30,31)14-21)17-26(22)20-7-5-4-6-8-20/h4-8,18,21-26H,9-17H2,1-3H3/t22-,23-,24+,25?,26-/m1/s1. The number of aromatic nitrogens is 3. The Labute approximate surface area is 218 Å². The quantitative estimate of drug-likeness (QED) is 0.537. The third kappa shape index (κ3) is 4.59. The van der Waals surface area contributed by atoms with Crippen LogP contribution >= 0.6 is 0 Å². The maximum Gasteiger partial charge on any atom is 0.249 e. The van der Waals surface area contributed by atoms with Crippen molar-refractivity contribution < 1.29 is 13.6 Å². The number of amides is 1. The molecule has 0 N–H and O–H groups in total. The average Bonchev–Trinajstić information content (AvgIpc) is 3.51. The van der Waals surface area contributed by atoms with Crippen LogP contribution in [0.15, 0.2) is 30.3 Å². The van der Waals surface area contributed by atoms with Crippen LogP contribution in [-0.2, 0) is 4.79 Å². The van der Waals surface area contributed by atoms with Gasteiger partial charge in [0.2, 0.25) is 11.8 Å². The molecule has 1 unspecified atom stereocenters. The molecule has 4 aliphatic rings. The van der Waals surface area contributed by atoms with Crippen LogP contribution in [0.4, 0.5) is 8.78 Å². The van der Waals surface area contributed by atoms with Gasteiger partial charge in [-0.15, -0.1) is 10.2 Å². The number of rotatable bonds is 6. The monoisotopic (exact) mass is 511 g/mol. The van der Waals surface area contributed by atoms with Gasteiger partial charge in [-0.2, -0.15) is 0 Å². The summed E-state index contributed by atoms with van der Waals surface area (Å²) in [5.74, 6) is -0.241. The molecule has 2 aromatic rings. The molecule has 3 aliphatic heterocycles. The molecule has 3 saturated heterocycles. The summed E-state index contributed by atoms with van der Waals surface area (Å²) < 4.78 is 29.4. The molecular weight excluding hydrogens is 472 g/mol. The number of carbonyl (C=O) groups excluding carboxylic acids is 1. The van der Waals surface area contributed by atoms with Gasteiger partial charge in [0.25, 0.3) is 0 Å². The van der Waals surface area contributed by atoms with Gasteiger partial charge in [-0.3, -0.25) is 9.69 Å².